The number of aliphatic hydroxyl groups excluding tert-OH is 1. The van der Waals surface area contributed by atoms with Gasteiger partial charge in [0, 0.05) is 12.3 Å². The van der Waals surface area contributed by atoms with Crippen molar-refractivity contribution >= 4 is 17.7 Å². The Labute approximate surface area is 180 Å². The molecule has 1 aliphatic carbocycles. The van der Waals surface area contributed by atoms with E-state index in [0.717, 1.165) is 0 Å². The number of ketones is 1. The molecule has 3 rings (SSSR count). The molecule has 4 atom stereocenters. The fourth-order valence-electron chi connectivity index (χ4n) is 4.01. The molecule has 0 amide bonds. The molecule has 0 spiro atoms. The van der Waals surface area contributed by atoms with Crippen molar-refractivity contribution in [3.63, 3.8) is 0 Å². The fourth-order valence-corrected chi connectivity index (χ4v) is 4.01. The van der Waals surface area contributed by atoms with Crippen molar-refractivity contribution < 1.29 is 34.1 Å². The van der Waals surface area contributed by atoms with Gasteiger partial charge in [-0.15, -0.1) is 0 Å². The summed E-state index contributed by atoms with van der Waals surface area (Å²) in [4.78, 5) is 36.8. The summed E-state index contributed by atoms with van der Waals surface area (Å²) in [5, 5.41) is 19.4. The average molecular weight is 426 g/mol. The molecule has 0 radical (unpaired) electrons. The molecule has 7 heteroatoms. The Kier molecular flexibility index (Phi) is 7.78. The third-order valence-electron chi connectivity index (χ3n) is 5.52. The second kappa shape index (κ2) is 10.7. The summed E-state index contributed by atoms with van der Waals surface area (Å²) in [6, 6.07) is 17.6. The summed E-state index contributed by atoms with van der Waals surface area (Å²) in [6.07, 6.45) is -1.27. The van der Waals surface area contributed by atoms with Gasteiger partial charge < -0.3 is 19.7 Å². The summed E-state index contributed by atoms with van der Waals surface area (Å²) in [5.74, 6) is -3.15. The van der Waals surface area contributed by atoms with E-state index < -0.39 is 36.0 Å². The van der Waals surface area contributed by atoms with Gasteiger partial charge in [0.25, 0.3) is 0 Å². The summed E-state index contributed by atoms with van der Waals surface area (Å²) in [6.45, 7) is 0.323. The number of aliphatic hydroxyl groups is 1. The van der Waals surface area contributed by atoms with Gasteiger partial charge in [-0.3, -0.25) is 4.79 Å². The highest BCUT2D eigenvalue weighted by molar-refractivity contribution is 5.90. The molecule has 0 bridgehead atoms. The van der Waals surface area contributed by atoms with Gasteiger partial charge in [0.2, 0.25) is 0 Å². The Balaban J connectivity index is 1.63. The first-order valence-corrected chi connectivity index (χ1v) is 10.3. The normalized spacial score (nSPS) is 21.3. The smallest absolute Gasteiger partial charge is 0.338 e. The molecule has 1 unspecified atom stereocenters. The predicted molar refractivity (Wildman–Crippen MR) is 112 cm³/mol. The second-order valence-electron chi connectivity index (χ2n) is 7.59. The molecule has 2 aromatic rings. The first kappa shape index (κ1) is 22.5. The van der Waals surface area contributed by atoms with Crippen LogP contribution in [-0.2, 0) is 14.3 Å². The topological polar surface area (TPSA) is 110 Å². The van der Waals surface area contributed by atoms with Gasteiger partial charge in [0.15, 0.2) is 6.10 Å². The molecular weight excluding hydrogens is 400 g/mol. The molecule has 0 aromatic heterocycles. The third-order valence-corrected chi connectivity index (χ3v) is 5.52. The molecule has 1 saturated carbocycles. The van der Waals surface area contributed by atoms with Crippen LogP contribution in [0.2, 0.25) is 0 Å². The number of carbonyl (C=O) groups is 3. The highest BCUT2D eigenvalue weighted by atomic mass is 16.5. The fraction of sp³-hybridized carbons (Fsp3) is 0.375. The SMILES string of the molecule is O=C(O[C@@H]1CC[C@@H](C(O)C(=O)O)[C@H]1C(=O)CCCOc1ccccc1)c1ccccc1. The Hall–Kier alpha value is -3.19. The van der Waals surface area contributed by atoms with Gasteiger partial charge >= 0.3 is 11.9 Å². The number of rotatable bonds is 10. The lowest BCUT2D eigenvalue weighted by molar-refractivity contribution is -0.151. The van der Waals surface area contributed by atoms with E-state index in [1.807, 2.05) is 30.3 Å². The monoisotopic (exact) mass is 426 g/mol. The largest absolute Gasteiger partial charge is 0.494 e. The Morgan fingerprint density at radius 1 is 0.968 bits per heavy atom. The number of carboxylic acids is 1. The minimum absolute atomic E-state index is 0.139. The standard InChI is InChI=1S/C24H26O7/c25-19(12-7-15-30-17-10-5-2-6-11-17)21-18(22(26)23(27)28)13-14-20(21)31-24(29)16-8-3-1-4-9-16/h1-6,8-11,18,20-22,26H,7,12-15H2,(H,27,28)/t18-,20-,21+,22?/m1/s1. The minimum Gasteiger partial charge on any atom is -0.494 e. The average Bonchev–Trinajstić information content (AvgIpc) is 3.20. The van der Waals surface area contributed by atoms with Crippen LogP contribution in [-0.4, -0.2) is 46.7 Å². The zero-order chi connectivity index (χ0) is 22.2. The van der Waals surface area contributed by atoms with E-state index in [4.69, 9.17) is 9.47 Å². The molecule has 31 heavy (non-hydrogen) atoms. The van der Waals surface area contributed by atoms with E-state index in [0.29, 0.717) is 30.8 Å². The number of aliphatic carboxylic acids is 1. The molecule has 164 valence electrons. The summed E-state index contributed by atoms with van der Waals surface area (Å²) < 4.78 is 11.2. The van der Waals surface area contributed by atoms with Gasteiger partial charge in [-0.05, 0) is 43.5 Å². The van der Waals surface area contributed by atoms with Gasteiger partial charge in [-0.2, -0.15) is 0 Å². The number of carbonyl (C=O) groups excluding carboxylic acids is 2. The van der Waals surface area contributed by atoms with Crippen molar-refractivity contribution in [1.82, 2.24) is 0 Å². The van der Waals surface area contributed by atoms with Crippen molar-refractivity contribution in [2.24, 2.45) is 11.8 Å². The lowest BCUT2D eigenvalue weighted by Crippen LogP contribution is -2.39. The first-order chi connectivity index (χ1) is 15.0. The van der Waals surface area contributed by atoms with Crippen molar-refractivity contribution in [2.75, 3.05) is 6.61 Å². The van der Waals surface area contributed by atoms with Crippen LogP contribution in [0.5, 0.6) is 5.75 Å². The van der Waals surface area contributed by atoms with E-state index in [9.17, 15) is 24.6 Å². The zero-order valence-electron chi connectivity index (χ0n) is 17.1. The van der Waals surface area contributed by atoms with Crippen LogP contribution >= 0.6 is 0 Å². The van der Waals surface area contributed by atoms with Gasteiger partial charge in [-0.25, -0.2) is 9.59 Å². The molecule has 7 nitrogen and oxygen atoms in total. The molecule has 0 heterocycles. The third kappa shape index (κ3) is 5.92. The Bertz CT molecular complexity index is 881. The van der Waals surface area contributed by atoms with Crippen molar-refractivity contribution in [1.29, 1.82) is 0 Å². The molecule has 0 saturated heterocycles. The minimum atomic E-state index is -1.69. The van der Waals surface area contributed by atoms with E-state index in [1.54, 1.807) is 30.3 Å². The molecule has 2 N–H and O–H groups in total. The highest BCUT2D eigenvalue weighted by Gasteiger charge is 2.47. The number of hydrogen-bond donors (Lipinski definition) is 2. The number of benzene rings is 2. The van der Waals surface area contributed by atoms with Gasteiger partial charge in [0.05, 0.1) is 18.1 Å². The van der Waals surface area contributed by atoms with Gasteiger partial charge in [0.1, 0.15) is 17.6 Å². The maximum atomic E-state index is 13.0. The number of ether oxygens (including phenoxy) is 2. The zero-order valence-corrected chi connectivity index (χ0v) is 17.1. The van der Waals surface area contributed by atoms with Crippen LogP contribution in [0.25, 0.3) is 0 Å². The Morgan fingerprint density at radius 3 is 2.26 bits per heavy atom. The lowest BCUT2D eigenvalue weighted by Gasteiger charge is -2.25. The van der Waals surface area contributed by atoms with Crippen LogP contribution in [0.4, 0.5) is 0 Å². The van der Waals surface area contributed by atoms with Crippen LogP contribution < -0.4 is 4.74 Å². The number of carboxylic acid groups (broad SMARTS) is 1. The molecule has 0 aliphatic heterocycles. The van der Waals surface area contributed by atoms with Crippen LogP contribution in [0.1, 0.15) is 36.0 Å². The van der Waals surface area contributed by atoms with Crippen LogP contribution in [0, 0.1) is 11.8 Å². The maximum Gasteiger partial charge on any atom is 0.338 e. The summed E-state index contributed by atoms with van der Waals surface area (Å²) in [7, 11) is 0. The summed E-state index contributed by atoms with van der Waals surface area (Å²) >= 11 is 0. The summed E-state index contributed by atoms with van der Waals surface area (Å²) in [5.41, 5.74) is 0.354. The van der Waals surface area contributed by atoms with Crippen LogP contribution in [0.15, 0.2) is 60.7 Å². The van der Waals surface area contributed by atoms with Crippen LogP contribution in [0.3, 0.4) is 0 Å². The highest BCUT2D eigenvalue weighted by Crippen LogP contribution is 2.38. The molecular formula is C24H26O7. The van der Waals surface area contributed by atoms with E-state index in [1.165, 1.54) is 0 Å². The molecule has 1 fully saturated rings. The molecule has 1 aliphatic rings. The number of para-hydroxylation sites is 1. The number of esters is 1. The van der Waals surface area contributed by atoms with Crippen molar-refractivity contribution in [2.45, 2.75) is 37.9 Å². The van der Waals surface area contributed by atoms with Crippen molar-refractivity contribution in [3.8, 4) is 5.75 Å². The first-order valence-electron chi connectivity index (χ1n) is 10.3. The maximum absolute atomic E-state index is 13.0. The van der Waals surface area contributed by atoms with E-state index in [2.05, 4.69) is 0 Å². The number of Topliss-reactive ketones (excluding diaryl/α,β-unsaturated/α-hetero) is 1. The molecule has 2 aromatic carbocycles. The quantitative estimate of drug-likeness (QED) is 0.444. The Morgan fingerprint density at radius 2 is 1.61 bits per heavy atom. The van der Waals surface area contributed by atoms with E-state index >= 15 is 0 Å². The van der Waals surface area contributed by atoms with E-state index in [-0.39, 0.29) is 18.6 Å². The van der Waals surface area contributed by atoms with Crippen molar-refractivity contribution in [3.05, 3.63) is 66.2 Å². The van der Waals surface area contributed by atoms with Gasteiger partial charge in [-0.1, -0.05) is 36.4 Å². The second-order valence-corrected chi connectivity index (χ2v) is 7.59. The number of hydrogen-bond acceptors (Lipinski definition) is 6. The predicted octanol–water partition coefficient (Wildman–Crippen LogP) is 3.11. The lowest BCUT2D eigenvalue weighted by atomic mass is 9.85.